The summed E-state index contributed by atoms with van der Waals surface area (Å²) in [6, 6.07) is 19.5. The Morgan fingerprint density at radius 3 is 2.29 bits per heavy atom. The Morgan fingerprint density at radius 1 is 0.971 bits per heavy atom. The topological polar surface area (TPSA) is 110 Å². The molecule has 8 nitrogen and oxygen atoms in total. The summed E-state index contributed by atoms with van der Waals surface area (Å²) in [4.78, 5) is 12.7. The highest BCUT2D eigenvalue weighted by Gasteiger charge is 2.24. The van der Waals surface area contributed by atoms with Crippen molar-refractivity contribution in [3.8, 4) is 40.1 Å². The van der Waals surface area contributed by atoms with Crippen LogP contribution in [0.1, 0.15) is 42.9 Å². The predicted molar refractivity (Wildman–Crippen MR) is 129 cm³/mol. The van der Waals surface area contributed by atoms with Crippen molar-refractivity contribution in [3.63, 3.8) is 0 Å². The maximum Gasteiger partial charge on any atom is 0.289 e. The van der Waals surface area contributed by atoms with Gasteiger partial charge in [0.25, 0.3) is 5.91 Å². The van der Waals surface area contributed by atoms with Crippen molar-refractivity contribution >= 4 is 5.91 Å². The number of rotatable bonds is 7. The Balaban J connectivity index is 1.81. The highest BCUT2D eigenvalue weighted by molar-refractivity contribution is 5.92. The molecule has 0 aliphatic carbocycles. The smallest absolute Gasteiger partial charge is 0.289 e. The van der Waals surface area contributed by atoms with Crippen molar-refractivity contribution in [2.75, 3.05) is 6.54 Å². The highest BCUT2D eigenvalue weighted by Crippen LogP contribution is 2.38. The van der Waals surface area contributed by atoms with E-state index >= 15 is 0 Å². The minimum Gasteiger partial charge on any atom is -0.508 e. The van der Waals surface area contributed by atoms with E-state index in [0.29, 0.717) is 34.9 Å². The first-order chi connectivity index (χ1) is 16.4. The number of aromatic hydroxyl groups is 2. The summed E-state index contributed by atoms with van der Waals surface area (Å²) in [5, 5.41) is 32.0. The SMILES string of the molecule is CCNC(=O)c1nnc(-c2cc(C(C)C)c(O)cc2O)n1-c1ccc(Oc2ccccc2)cc1. The van der Waals surface area contributed by atoms with E-state index in [9.17, 15) is 15.0 Å². The zero-order chi connectivity index (χ0) is 24.2. The molecular weight excluding hydrogens is 432 g/mol. The molecule has 3 N–H and O–H groups in total. The third kappa shape index (κ3) is 4.56. The number of hydrogen-bond donors (Lipinski definition) is 3. The number of para-hydroxylation sites is 1. The van der Waals surface area contributed by atoms with Crippen LogP contribution in [-0.2, 0) is 0 Å². The van der Waals surface area contributed by atoms with Crippen LogP contribution in [0.25, 0.3) is 17.1 Å². The molecule has 0 radical (unpaired) electrons. The van der Waals surface area contributed by atoms with Gasteiger partial charge in [-0.3, -0.25) is 9.36 Å². The molecule has 0 saturated carbocycles. The zero-order valence-corrected chi connectivity index (χ0v) is 19.2. The van der Waals surface area contributed by atoms with E-state index in [-0.39, 0.29) is 29.1 Å². The molecule has 0 atom stereocenters. The number of carbonyl (C=O) groups excluding carboxylic acids is 1. The summed E-state index contributed by atoms with van der Waals surface area (Å²) in [6.07, 6.45) is 0. The zero-order valence-electron chi connectivity index (χ0n) is 19.2. The first kappa shape index (κ1) is 22.8. The van der Waals surface area contributed by atoms with Crippen LogP contribution >= 0.6 is 0 Å². The van der Waals surface area contributed by atoms with Gasteiger partial charge in [0.15, 0.2) is 5.82 Å². The van der Waals surface area contributed by atoms with Gasteiger partial charge in [0.05, 0.1) is 5.56 Å². The van der Waals surface area contributed by atoms with Gasteiger partial charge in [0.2, 0.25) is 5.82 Å². The molecule has 4 rings (SSSR count). The molecule has 0 fully saturated rings. The van der Waals surface area contributed by atoms with E-state index in [1.165, 1.54) is 6.07 Å². The molecule has 174 valence electrons. The standard InChI is InChI=1S/C26H26N4O4/c1-4-27-26(33)25-29-28-24(21-14-20(16(2)3)22(31)15-23(21)32)30(25)17-10-12-19(13-11-17)34-18-8-6-5-7-9-18/h5-16,31-32H,4H2,1-3H3,(H,27,33). The number of aromatic nitrogens is 3. The van der Waals surface area contributed by atoms with Crippen LogP contribution in [0.5, 0.6) is 23.0 Å². The average molecular weight is 459 g/mol. The largest absolute Gasteiger partial charge is 0.508 e. The summed E-state index contributed by atoms with van der Waals surface area (Å²) in [7, 11) is 0. The number of phenolic OH excluding ortho intramolecular Hbond substituents is 2. The number of amides is 1. The minimum absolute atomic E-state index is 0.00585. The number of nitrogens with one attached hydrogen (secondary N) is 1. The molecule has 4 aromatic rings. The summed E-state index contributed by atoms with van der Waals surface area (Å²) >= 11 is 0. The number of benzene rings is 3. The van der Waals surface area contributed by atoms with Gasteiger partial charge in [-0.25, -0.2) is 0 Å². The second-order valence-corrected chi connectivity index (χ2v) is 8.03. The Bertz CT molecular complexity index is 1300. The molecule has 0 aliphatic rings. The van der Waals surface area contributed by atoms with Gasteiger partial charge in [-0.2, -0.15) is 0 Å². The first-order valence-corrected chi connectivity index (χ1v) is 11.0. The molecule has 3 aromatic carbocycles. The highest BCUT2D eigenvalue weighted by atomic mass is 16.5. The Morgan fingerprint density at radius 2 is 1.65 bits per heavy atom. The van der Waals surface area contributed by atoms with Crippen LogP contribution in [0.2, 0.25) is 0 Å². The predicted octanol–water partition coefficient (Wildman–Crippen LogP) is 5.01. The normalized spacial score (nSPS) is 10.9. The third-order valence-electron chi connectivity index (χ3n) is 5.29. The molecule has 1 heterocycles. The van der Waals surface area contributed by atoms with Crippen molar-refractivity contribution < 1.29 is 19.7 Å². The van der Waals surface area contributed by atoms with Crippen molar-refractivity contribution in [2.45, 2.75) is 26.7 Å². The molecular formula is C26H26N4O4. The van der Waals surface area contributed by atoms with E-state index in [4.69, 9.17) is 4.74 Å². The summed E-state index contributed by atoms with van der Waals surface area (Å²) in [5.74, 6) is 1.12. The van der Waals surface area contributed by atoms with Crippen LogP contribution in [0.15, 0.2) is 66.7 Å². The molecule has 0 saturated heterocycles. The van der Waals surface area contributed by atoms with Gasteiger partial charge in [-0.15, -0.1) is 10.2 Å². The van der Waals surface area contributed by atoms with Gasteiger partial charge in [0.1, 0.15) is 23.0 Å². The molecule has 0 bridgehead atoms. The number of hydrogen-bond acceptors (Lipinski definition) is 6. The Labute approximate surface area is 197 Å². The quantitative estimate of drug-likeness (QED) is 0.359. The van der Waals surface area contributed by atoms with Gasteiger partial charge in [-0.1, -0.05) is 32.0 Å². The fourth-order valence-corrected chi connectivity index (χ4v) is 3.61. The van der Waals surface area contributed by atoms with Gasteiger partial charge < -0.3 is 20.3 Å². The fourth-order valence-electron chi connectivity index (χ4n) is 3.61. The van der Waals surface area contributed by atoms with Crippen molar-refractivity contribution in [3.05, 3.63) is 78.1 Å². The van der Waals surface area contributed by atoms with E-state index in [1.54, 1.807) is 34.9 Å². The van der Waals surface area contributed by atoms with E-state index in [0.717, 1.165) is 0 Å². The van der Waals surface area contributed by atoms with E-state index in [1.807, 2.05) is 51.1 Å². The summed E-state index contributed by atoms with van der Waals surface area (Å²) < 4.78 is 7.45. The van der Waals surface area contributed by atoms with Crippen LogP contribution in [0.3, 0.4) is 0 Å². The van der Waals surface area contributed by atoms with Crippen molar-refractivity contribution in [1.82, 2.24) is 20.1 Å². The second kappa shape index (κ2) is 9.66. The average Bonchev–Trinajstić information content (AvgIpc) is 3.25. The lowest BCUT2D eigenvalue weighted by Crippen LogP contribution is -2.26. The molecule has 8 heteroatoms. The van der Waals surface area contributed by atoms with Crippen LogP contribution in [-0.4, -0.2) is 37.4 Å². The number of carbonyl (C=O) groups is 1. The molecule has 34 heavy (non-hydrogen) atoms. The second-order valence-electron chi connectivity index (χ2n) is 8.03. The van der Waals surface area contributed by atoms with Crippen LogP contribution < -0.4 is 10.1 Å². The summed E-state index contributed by atoms with van der Waals surface area (Å²) in [6.45, 7) is 6.11. The minimum atomic E-state index is -0.395. The molecule has 0 unspecified atom stereocenters. The molecule has 0 aliphatic heterocycles. The van der Waals surface area contributed by atoms with E-state index < -0.39 is 5.91 Å². The number of phenols is 2. The fraction of sp³-hybridized carbons (Fsp3) is 0.192. The lowest BCUT2D eigenvalue weighted by molar-refractivity contribution is 0.0943. The van der Waals surface area contributed by atoms with Gasteiger partial charge in [-0.05, 0) is 60.9 Å². The molecule has 1 amide bonds. The van der Waals surface area contributed by atoms with Crippen LogP contribution in [0.4, 0.5) is 0 Å². The lowest BCUT2D eigenvalue weighted by Gasteiger charge is -2.15. The monoisotopic (exact) mass is 458 g/mol. The number of nitrogens with zero attached hydrogens (tertiary/aromatic N) is 3. The molecule has 0 spiro atoms. The first-order valence-electron chi connectivity index (χ1n) is 11.0. The van der Waals surface area contributed by atoms with Gasteiger partial charge >= 0.3 is 0 Å². The third-order valence-corrected chi connectivity index (χ3v) is 5.29. The van der Waals surface area contributed by atoms with Crippen molar-refractivity contribution in [1.29, 1.82) is 0 Å². The summed E-state index contributed by atoms with van der Waals surface area (Å²) in [5.41, 5.74) is 1.61. The Hall–Kier alpha value is -4.33. The number of ether oxygens (including phenoxy) is 1. The van der Waals surface area contributed by atoms with Crippen LogP contribution in [0, 0.1) is 0 Å². The maximum absolute atomic E-state index is 12.7. The Kier molecular flexibility index (Phi) is 6.49. The maximum atomic E-state index is 12.7. The lowest BCUT2D eigenvalue weighted by atomic mass is 9.98. The van der Waals surface area contributed by atoms with Gasteiger partial charge in [0, 0.05) is 18.3 Å². The van der Waals surface area contributed by atoms with E-state index in [2.05, 4.69) is 15.5 Å². The molecule has 1 aromatic heterocycles. The van der Waals surface area contributed by atoms with Crippen molar-refractivity contribution in [2.24, 2.45) is 0 Å².